The number of amidine groups is 1. The van der Waals surface area contributed by atoms with E-state index in [-0.39, 0.29) is 5.84 Å². The van der Waals surface area contributed by atoms with E-state index in [0.717, 1.165) is 5.56 Å². The Hall–Kier alpha value is -2.27. The summed E-state index contributed by atoms with van der Waals surface area (Å²) in [6.07, 6.45) is 3.23. The van der Waals surface area contributed by atoms with Gasteiger partial charge in [-0.3, -0.25) is 4.98 Å². The van der Waals surface area contributed by atoms with Gasteiger partial charge in [-0.25, -0.2) is 0 Å². The summed E-state index contributed by atoms with van der Waals surface area (Å²) in [4.78, 5) is 3.90. The van der Waals surface area contributed by atoms with Crippen LogP contribution in [0.2, 0.25) is 5.02 Å². The summed E-state index contributed by atoms with van der Waals surface area (Å²) in [5.74, 6) is 0.728. The van der Waals surface area contributed by atoms with Gasteiger partial charge in [0.05, 0.1) is 5.02 Å². The molecule has 1 aromatic carbocycles. The Bertz CT molecular complexity index is 585. The first kappa shape index (κ1) is 13.2. The molecule has 0 bridgehead atoms. The maximum absolute atomic E-state index is 8.55. The highest BCUT2D eigenvalue weighted by molar-refractivity contribution is 6.31. The highest BCUT2D eigenvalue weighted by Gasteiger charge is 2.02. The Morgan fingerprint density at radius 3 is 2.68 bits per heavy atom. The number of ether oxygens (including phenoxy) is 1. The van der Waals surface area contributed by atoms with Crippen molar-refractivity contribution in [2.45, 2.75) is 6.61 Å². The van der Waals surface area contributed by atoms with Crippen molar-refractivity contribution in [1.29, 1.82) is 0 Å². The van der Waals surface area contributed by atoms with E-state index in [1.807, 2.05) is 0 Å². The van der Waals surface area contributed by atoms with Crippen LogP contribution in [0.5, 0.6) is 5.75 Å². The molecule has 5 nitrogen and oxygen atoms in total. The molecule has 3 N–H and O–H groups in total. The Kier molecular flexibility index (Phi) is 4.20. The van der Waals surface area contributed by atoms with Gasteiger partial charge in [0.2, 0.25) is 0 Å². The van der Waals surface area contributed by atoms with Crippen molar-refractivity contribution in [3.8, 4) is 5.75 Å². The smallest absolute Gasteiger partial charge is 0.170 e. The fourth-order valence-corrected chi connectivity index (χ4v) is 1.64. The molecule has 0 saturated carbocycles. The SMILES string of the molecule is NC(=NO)c1ccc(OCc2ccncc2Cl)cc1. The number of oxime groups is 1. The van der Waals surface area contributed by atoms with E-state index < -0.39 is 0 Å². The monoisotopic (exact) mass is 277 g/mol. The first-order chi connectivity index (χ1) is 9.20. The van der Waals surface area contributed by atoms with Gasteiger partial charge in [-0.15, -0.1) is 0 Å². The molecule has 2 aromatic rings. The second-order valence-corrected chi connectivity index (χ2v) is 4.17. The number of nitrogens with two attached hydrogens (primary N) is 1. The number of aromatic nitrogens is 1. The van der Waals surface area contributed by atoms with Crippen molar-refractivity contribution in [2.24, 2.45) is 10.9 Å². The number of rotatable bonds is 4. The van der Waals surface area contributed by atoms with E-state index in [2.05, 4.69) is 10.1 Å². The minimum Gasteiger partial charge on any atom is -0.489 e. The molecule has 0 amide bonds. The molecule has 2 rings (SSSR count). The molecule has 0 spiro atoms. The third-order valence-electron chi connectivity index (χ3n) is 2.51. The maximum atomic E-state index is 8.55. The maximum Gasteiger partial charge on any atom is 0.170 e. The van der Waals surface area contributed by atoms with E-state index in [9.17, 15) is 0 Å². The highest BCUT2D eigenvalue weighted by Crippen LogP contribution is 2.18. The third kappa shape index (κ3) is 3.35. The number of pyridine rings is 1. The summed E-state index contributed by atoms with van der Waals surface area (Å²) in [5.41, 5.74) is 6.94. The van der Waals surface area contributed by atoms with E-state index in [0.29, 0.717) is 22.9 Å². The van der Waals surface area contributed by atoms with Crippen molar-refractivity contribution in [3.63, 3.8) is 0 Å². The van der Waals surface area contributed by atoms with Gasteiger partial charge in [-0.2, -0.15) is 0 Å². The quantitative estimate of drug-likeness (QED) is 0.389. The van der Waals surface area contributed by atoms with Gasteiger partial charge in [-0.05, 0) is 30.3 Å². The Balaban J connectivity index is 2.03. The average Bonchev–Trinajstić information content (AvgIpc) is 2.46. The number of benzene rings is 1. The van der Waals surface area contributed by atoms with Gasteiger partial charge < -0.3 is 15.7 Å². The van der Waals surface area contributed by atoms with Crippen molar-refractivity contribution < 1.29 is 9.94 Å². The van der Waals surface area contributed by atoms with Crippen LogP contribution < -0.4 is 10.5 Å². The summed E-state index contributed by atoms with van der Waals surface area (Å²) in [7, 11) is 0. The van der Waals surface area contributed by atoms with E-state index >= 15 is 0 Å². The van der Waals surface area contributed by atoms with Crippen LogP contribution >= 0.6 is 11.6 Å². The van der Waals surface area contributed by atoms with Crippen molar-refractivity contribution in [3.05, 3.63) is 58.9 Å². The van der Waals surface area contributed by atoms with Gasteiger partial charge in [0.25, 0.3) is 0 Å². The van der Waals surface area contributed by atoms with Crippen LogP contribution in [0.3, 0.4) is 0 Å². The van der Waals surface area contributed by atoms with Gasteiger partial charge >= 0.3 is 0 Å². The lowest BCUT2D eigenvalue weighted by Gasteiger charge is -2.08. The minimum atomic E-state index is 0.0590. The Morgan fingerprint density at radius 2 is 2.05 bits per heavy atom. The van der Waals surface area contributed by atoms with Gasteiger partial charge in [-0.1, -0.05) is 16.8 Å². The molecule has 0 radical (unpaired) electrons. The summed E-state index contributed by atoms with van der Waals surface area (Å²) >= 11 is 5.97. The second kappa shape index (κ2) is 6.06. The van der Waals surface area contributed by atoms with Crippen LogP contribution in [0.4, 0.5) is 0 Å². The van der Waals surface area contributed by atoms with Crippen LogP contribution in [-0.2, 0) is 6.61 Å². The van der Waals surface area contributed by atoms with Crippen molar-refractivity contribution >= 4 is 17.4 Å². The predicted molar refractivity (Wildman–Crippen MR) is 72.5 cm³/mol. The summed E-state index contributed by atoms with van der Waals surface area (Å²) in [6.45, 7) is 0.351. The molecule has 0 aliphatic carbocycles. The third-order valence-corrected chi connectivity index (χ3v) is 2.85. The number of nitrogens with zero attached hydrogens (tertiary/aromatic N) is 2. The van der Waals surface area contributed by atoms with Gasteiger partial charge in [0.1, 0.15) is 12.4 Å². The average molecular weight is 278 g/mol. The topological polar surface area (TPSA) is 80.7 Å². The minimum absolute atomic E-state index is 0.0590. The molecule has 6 heteroatoms. The van der Waals surface area contributed by atoms with Crippen LogP contribution in [0.1, 0.15) is 11.1 Å². The largest absolute Gasteiger partial charge is 0.489 e. The zero-order valence-electron chi connectivity index (χ0n) is 9.95. The molecule has 1 aromatic heterocycles. The molecular formula is C13H12ClN3O2. The molecule has 1 heterocycles. The molecular weight excluding hydrogens is 266 g/mol. The zero-order valence-corrected chi connectivity index (χ0v) is 10.7. The molecule has 19 heavy (non-hydrogen) atoms. The van der Waals surface area contributed by atoms with Gasteiger partial charge in [0.15, 0.2) is 5.84 Å². The normalized spacial score (nSPS) is 11.3. The lowest BCUT2D eigenvalue weighted by Crippen LogP contribution is -2.12. The second-order valence-electron chi connectivity index (χ2n) is 3.77. The van der Waals surface area contributed by atoms with Crippen LogP contribution in [0.15, 0.2) is 47.9 Å². The van der Waals surface area contributed by atoms with Crippen molar-refractivity contribution in [2.75, 3.05) is 0 Å². The lowest BCUT2D eigenvalue weighted by atomic mass is 10.2. The molecule has 98 valence electrons. The number of hydrogen-bond donors (Lipinski definition) is 2. The Morgan fingerprint density at radius 1 is 1.32 bits per heavy atom. The first-order valence-electron chi connectivity index (χ1n) is 5.50. The molecule has 0 saturated heterocycles. The summed E-state index contributed by atoms with van der Waals surface area (Å²) in [5, 5.41) is 12.0. The molecule has 0 aliphatic rings. The van der Waals surface area contributed by atoms with Crippen molar-refractivity contribution in [1.82, 2.24) is 4.98 Å². The van der Waals surface area contributed by atoms with Gasteiger partial charge in [0, 0.05) is 23.5 Å². The van der Waals surface area contributed by atoms with Crippen LogP contribution in [0.25, 0.3) is 0 Å². The first-order valence-corrected chi connectivity index (χ1v) is 5.87. The molecule has 0 fully saturated rings. The molecule has 0 unspecified atom stereocenters. The van der Waals surface area contributed by atoms with E-state index in [4.69, 9.17) is 27.3 Å². The molecule has 0 atom stereocenters. The van der Waals surface area contributed by atoms with E-state index in [1.165, 1.54) is 0 Å². The van der Waals surface area contributed by atoms with Crippen LogP contribution in [-0.4, -0.2) is 16.0 Å². The number of halogens is 1. The molecule has 0 aliphatic heterocycles. The fraction of sp³-hybridized carbons (Fsp3) is 0.0769. The highest BCUT2D eigenvalue weighted by atomic mass is 35.5. The predicted octanol–water partition coefficient (Wildman–Crippen LogP) is 2.41. The van der Waals surface area contributed by atoms with Crippen LogP contribution in [0, 0.1) is 0 Å². The zero-order chi connectivity index (χ0) is 13.7. The standard InChI is InChI=1S/C13H12ClN3O2/c14-12-7-16-6-5-10(12)8-19-11-3-1-9(2-4-11)13(15)17-18/h1-7,18H,8H2,(H2,15,17). The van der Waals surface area contributed by atoms with E-state index in [1.54, 1.807) is 42.7 Å². The lowest BCUT2D eigenvalue weighted by molar-refractivity contribution is 0.306. The number of hydrogen-bond acceptors (Lipinski definition) is 4. The fourth-order valence-electron chi connectivity index (χ4n) is 1.46. The summed E-state index contributed by atoms with van der Waals surface area (Å²) in [6, 6.07) is 8.69. The summed E-state index contributed by atoms with van der Waals surface area (Å²) < 4.78 is 5.59. The Labute approximate surface area is 115 Å².